The molecule has 2 N–H and O–H groups in total. The van der Waals surface area contributed by atoms with Gasteiger partial charge >= 0.3 is 0 Å². The van der Waals surface area contributed by atoms with Crippen molar-refractivity contribution in [3.63, 3.8) is 0 Å². The van der Waals surface area contributed by atoms with Crippen molar-refractivity contribution in [2.75, 3.05) is 12.8 Å². The molecule has 0 spiro atoms. The van der Waals surface area contributed by atoms with Crippen LogP contribution in [0.15, 0.2) is 30.5 Å². The van der Waals surface area contributed by atoms with E-state index in [0.717, 1.165) is 5.56 Å². The Labute approximate surface area is 99.1 Å². The number of aryl methyl sites for hydroxylation is 1. The zero-order valence-corrected chi connectivity index (χ0v) is 9.70. The first kappa shape index (κ1) is 11.4. The summed E-state index contributed by atoms with van der Waals surface area (Å²) in [5.74, 6) is 0.617. The van der Waals surface area contributed by atoms with Gasteiger partial charge in [0.1, 0.15) is 17.4 Å². The average molecular weight is 232 g/mol. The lowest BCUT2D eigenvalue weighted by Crippen LogP contribution is -1.98. The highest BCUT2D eigenvalue weighted by Crippen LogP contribution is 2.35. The minimum Gasteiger partial charge on any atom is -0.496 e. The van der Waals surface area contributed by atoms with Crippen LogP contribution in [-0.4, -0.2) is 12.1 Å². The molecule has 0 saturated carbocycles. The van der Waals surface area contributed by atoms with E-state index >= 15 is 0 Å². The number of nitrogen functional groups attached to an aromatic ring is 1. The number of nitrogens with two attached hydrogens (primary N) is 1. The van der Waals surface area contributed by atoms with Crippen molar-refractivity contribution in [1.29, 1.82) is 0 Å². The number of anilines is 1. The normalized spacial score (nSPS) is 10.3. The minimum atomic E-state index is -0.330. The highest BCUT2D eigenvalue weighted by molar-refractivity contribution is 5.81. The van der Waals surface area contributed by atoms with Crippen LogP contribution in [0.4, 0.5) is 10.2 Å². The summed E-state index contributed by atoms with van der Waals surface area (Å²) in [5.41, 5.74) is 8.10. The Morgan fingerprint density at radius 1 is 1.29 bits per heavy atom. The maximum Gasteiger partial charge on any atom is 0.131 e. The first-order valence-corrected chi connectivity index (χ1v) is 5.18. The number of pyridine rings is 1. The van der Waals surface area contributed by atoms with Crippen LogP contribution in [0, 0.1) is 12.7 Å². The summed E-state index contributed by atoms with van der Waals surface area (Å²) < 4.78 is 18.5. The highest BCUT2D eigenvalue weighted by Gasteiger charge is 2.13. The smallest absolute Gasteiger partial charge is 0.131 e. The Morgan fingerprint density at radius 2 is 2.06 bits per heavy atom. The van der Waals surface area contributed by atoms with E-state index in [4.69, 9.17) is 10.5 Å². The zero-order chi connectivity index (χ0) is 12.4. The van der Waals surface area contributed by atoms with E-state index in [0.29, 0.717) is 22.7 Å². The second kappa shape index (κ2) is 4.41. The lowest BCUT2D eigenvalue weighted by Gasteiger charge is -2.12. The Bertz CT molecular complexity index is 535. The summed E-state index contributed by atoms with van der Waals surface area (Å²) in [6, 6.07) is 6.16. The first-order chi connectivity index (χ1) is 8.13. The molecule has 0 fully saturated rings. The van der Waals surface area contributed by atoms with Gasteiger partial charge in [-0.05, 0) is 36.8 Å². The third-order valence-electron chi connectivity index (χ3n) is 2.62. The second-order valence-electron chi connectivity index (χ2n) is 3.73. The van der Waals surface area contributed by atoms with Crippen LogP contribution in [0.5, 0.6) is 5.75 Å². The maximum atomic E-state index is 13.3. The topological polar surface area (TPSA) is 48.1 Å². The van der Waals surface area contributed by atoms with Gasteiger partial charge in [-0.2, -0.15) is 0 Å². The molecular formula is C13H13FN2O. The molecule has 0 radical (unpaired) electrons. The fourth-order valence-electron chi connectivity index (χ4n) is 1.81. The summed E-state index contributed by atoms with van der Waals surface area (Å²) in [7, 11) is 1.54. The zero-order valence-electron chi connectivity index (χ0n) is 9.70. The summed E-state index contributed by atoms with van der Waals surface area (Å²) in [6.07, 6.45) is 1.62. The minimum absolute atomic E-state index is 0.330. The van der Waals surface area contributed by atoms with Gasteiger partial charge < -0.3 is 10.5 Å². The summed E-state index contributed by atoms with van der Waals surface area (Å²) >= 11 is 0. The number of rotatable bonds is 2. The Hall–Kier alpha value is -2.10. The second-order valence-corrected chi connectivity index (χ2v) is 3.73. The standard InChI is InChI=1S/C13H13FN2O/c1-8-5-6-16-13(15)12(8)10-7-9(14)3-4-11(10)17-2/h3-7H,1-2H3,(H2,15,16). The molecule has 1 heterocycles. The van der Waals surface area contributed by atoms with Crippen molar-refractivity contribution in [2.24, 2.45) is 0 Å². The van der Waals surface area contributed by atoms with Gasteiger partial charge in [-0.15, -0.1) is 0 Å². The predicted octanol–water partition coefficient (Wildman–Crippen LogP) is 2.79. The van der Waals surface area contributed by atoms with E-state index in [1.807, 2.05) is 13.0 Å². The van der Waals surface area contributed by atoms with Gasteiger partial charge in [0.2, 0.25) is 0 Å². The van der Waals surface area contributed by atoms with Crippen LogP contribution in [0.1, 0.15) is 5.56 Å². The number of benzene rings is 1. The van der Waals surface area contributed by atoms with Gasteiger partial charge in [-0.25, -0.2) is 9.37 Å². The van der Waals surface area contributed by atoms with Gasteiger partial charge in [-0.1, -0.05) is 0 Å². The SMILES string of the molecule is COc1ccc(F)cc1-c1c(C)ccnc1N. The van der Waals surface area contributed by atoms with Crippen molar-refractivity contribution in [2.45, 2.75) is 6.92 Å². The quantitative estimate of drug-likeness (QED) is 0.866. The summed E-state index contributed by atoms with van der Waals surface area (Å²) in [5, 5.41) is 0. The Kier molecular flexibility index (Phi) is 2.95. The number of hydrogen-bond donors (Lipinski definition) is 1. The number of hydrogen-bond acceptors (Lipinski definition) is 3. The van der Waals surface area contributed by atoms with Crippen LogP contribution in [0.3, 0.4) is 0 Å². The third kappa shape index (κ3) is 2.06. The highest BCUT2D eigenvalue weighted by atomic mass is 19.1. The predicted molar refractivity (Wildman–Crippen MR) is 65.3 cm³/mol. The fraction of sp³-hybridized carbons (Fsp3) is 0.154. The van der Waals surface area contributed by atoms with Crippen molar-refractivity contribution in [1.82, 2.24) is 4.98 Å². The third-order valence-corrected chi connectivity index (χ3v) is 2.62. The molecule has 17 heavy (non-hydrogen) atoms. The molecule has 2 aromatic rings. The lowest BCUT2D eigenvalue weighted by molar-refractivity contribution is 0.415. The number of aromatic nitrogens is 1. The molecule has 0 saturated heterocycles. The van der Waals surface area contributed by atoms with Crippen molar-refractivity contribution >= 4 is 5.82 Å². The molecular weight excluding hydrogens is 219 g/mol. The van der Waals surface area contributed by atoms with E-state index in [1.165, 1.54) is 12.1 Å². The van der Waals surface area contributed by atoms with E-state index in [1.54, 1.807) is 19.4 Å². The fourth-order valence-corrected chi connectivity index (χ4v) is 1.81. The van der Waals surface area contributed by atoms with Crippen molar-refractivity contribution in [3.05, 3.63) is 41.8 Å². The summed E-state index contributed by atoms with van der Waals surface area (Å²) in [4.78, 5) is 4.02. The molecule has 0 amide bonds. The molecule has 0 aliphatic carbocycles. The van der Waals surface area contributed by atoms with Gasteiger partial charge in [0.15, 0.2) is 0 Å². The molecule has 4 heteroatoms. The van der Waals surface area contributed by atoms with E-state index in [-0.39, 0.29) is 5.82 Å². The molecule has 0 aliphatic heterocycles. The molecule has 2 rings (SSSR count). The van der Waals surface area contributed by atoms with Crippen LogP contribution >= 0.6 is 0 Å². The van der Waals surface area contributed by atoms with Crippen LogP contribution in [0.2, 0.25) is 0 Å². The van der Waals surface area contributed by atoms with E-state index in [2.05, 4.69) is 4.98 Å². The van der Waals surface area contributed by atoms with Crippen molar-refractivity contribution in [3.8, 4) is 16.9 Å². The van der Waals surface area contributed by atoms with Crippen LogP contribution in [0.25, 0.3) is 11.1 Å². The van der Waals surface area contributed by atoms with Crippen LogP contribution < -0.4 is 10.5 Å². The van der Waals surface area contributed by atoms with Crippen molar-refractivity contribution < 1.29 is 9.13 Å². The van der Waals surface area contributed by atoms with E-state index in [9.17, 15) is 4.39 Å². The molecule has 3 nitrogen and oxygen atoms in total. The lowest BCUT2D eigenvalue weighted by atomic mass is 10.0. The van der Waals surface area contributed by atoms with Gasteiger partial charge in [-0.3, -0.25) is 0 Å². The maximum absolute atomic E-state index is 13.3. The van der Waals surface area contributed by atoms with Crippen LogP contribution in [-0.2, 0) is 0 Å². The molecule has 1 aromatic heterocycles. The van der Waals surface area contributed by atoms with Gasteiger partial charge in [0, 0.05) is 17.3 Å². The number of methoxy groups -OCH3 is 1. The molecule has 0 aliphatic rings. The monoisotopic (exact) mass is 232 g/mol. The number of halogens is 1. The van der Waals surface area contributed by atoms with Gasteiger partial charge in [0.05, 0.1) is 7.11 Å². The molecule has 0 unspecified atom stereocenters. The Balaban J connectivity index is 2.71. The molecule has 1 aromatic carbocycles. The first-order valence-electron chi connectivity index (χ1n) is 5.18. The Morgan fingerprint density at radius 3 is 2.71 bits per heavy atom. The average Bonchev–Trinajstić information content (AvgIpc) is 2.29. The summed E-state index contributed by atoms with van der Waals surface area (Å²) in [6.45, 7) is 1.90. The molecule has 88 valence electrons. The molecule has 0 atom stereocenters. The van der Waals surface area contributed by atoms with E-state index < -0.39 is 0 Å². The number of ether oxygens (including phenoxy) is 1. The van der Waals surface area contributed by atoms with Gasteiger partial charge in [0.25, 0.3) is 0 Å². The number of nitrogens with zero attached hydrogens (tertiary/aromatic N) is 1. The largest absolute Gasteiger partial charge is 0.496 e. The molecule has 0 bridgehead atoms.